The summed E-state index contributed by atoms with van der Waals surface area (Å²) in [5, 5.41) is 18.0. The molecule has 108 valence electrons. The molecule has 1 aromatic heterocycles. The lowest BCUT2D eigenvalue weighted by molar-refractivity contribution is 0.0698. The van der Waals surface area contributed by atoms with E-state index < -0.39 is 16.0 Å². The normalized spacial score (nSPS) is 10.9. The van der Waals surface area contributed by atoms with Crippen LogP contribution in [0.2, 0.25) is 5.02 Å². The van der Waals surface area contributed by atoms with E-state index in [2.05, 4.69) is 4.72 Å². The first-order chi connectivity index (χ1) is 9.83. The lowest BCUT2D eigenvalue weighted by atomic mass is 10.2. The minimum Gasteiger partial charge on any atom is -0.478 e. The molecule has 2 N–H and O–H groups in total. The number of halogens is 1. The summed E-state index contributed by atoms with van der Waals surface area (Å²) in [6.45, 7) is 0. The van der Waals surface area contributed by atoms with E-state index in [0.717, 1.165) is 17.4 Å². The number of carbonyl (C=O) groups is 1. The predicted molar refractivity (Wildman–Crippen MR) is 78.3 cm³/mol. The molecule has 0 radical (unpaired) electrons. The van der Waals surface area contributed by atoms with E-state index in [-0.39, 0.29) is 25.4 Å². The molecule has 0 bridgehead atoms. The van der Waals surface area contributed by atoms with Crippen LogP contribution in [0.5, 0.6) is 0 Å². The molecule has 0 amide bonds. The Morgan fingerprint density at radius 2 is 2.05 bits per heavy atom. The van der Waals surface area contributed by atoms with Crippen molar-refractivity contribution in [3.63, 3.8) is 0 Å². The molecule has 9 heteroatoms. The van der Waals surface area contributed by atoms with Gasteiger partial charge in [-0.3, -0.25) is 4.72 Å². The van der Waals surface area contributed by atoms with Crippen molar-refractivity contribution in [3.05, 3.63) is 45.8 Å². The summed E-state index contributed by atoms with van der Waals surface area (Å²) in [6.07, 6.45) is 0. The van der Waals surface area contributed by atoms with Gasteiger partial charge in [0, 0.05) is 5.02 Å². The minimum atomic E-state index is -3.96. The fraction of sp³-hybridized carbons (Fsp3) is 0. The lowest BCUT2D eigenvalue weighted by Crippen LogP contribution is -2.14. The van der Waals surface area contributed by atoms with Crippen LogP contribution < -0.4 is 4.72 Å². The molecule has 21 heavy (non-hydrogen) atoms. The fourth-order valence-corrected chi connectivity index (χ4v) is 3.86. The number of aromatic carboxylic acids is 1. The molecule has 0 unspecified atom stereocenters. The number of rotatable bonds is 4. The van der Waals surface area contributed by atoms with Gasteiger partial charge in [-0.05, 0) is 30.3 Å². The van der Waals surface area contributed by atoms with Crippen molar-refractivity contribution < 1.29 is 18.3 Å². The van der Waals surface area contributed by atoms with Crippen LogP contribution in [0.1, 0.15) is 15.2 Å². The number of carboxylic acid groups (broad SMARTS) is 1. The Morgan fingerprint density at radius 3 is 2.62 bits per heavy atom. The van der Waals surface area contributed by atoms with Gasteiger partial charge in [0.2, 0.25) is 0 Å². The maximum Gasteiger partial charge on any atom is 0.337 e. The van der Waals surface area contributed by atoms with Crippen LogP contribution >= 0.6 is 22.9 Å². The van der Waals surface area contributed by atoms with Crippen molar-refractivity contribution in [1.29, 1.82) is 5.26 Å². The average Bonchev–Trinajstić information content (AvgIpc) is 2.90. The summed E-state index contributed by atoms with van der Waals surface area (Å²) in [5.41, 5.74) is -0.359. The number of sulfonamides is 1. The molecule has 0 aliphatic heterocycles. The Balaban J connectivity index is 2.42. The monoisotopic (exact) mass is 342 g/mol. The van der Waals surface area contributed by atoms with Gasteiger partial charge in [-0.1, -0.05) is 11.6 Å². The molecule has 2 rings (SSSR count). The second kappa shape index (κ2) is 5.73. The third-order valence-electron chi connectivity index (χ3n) is 2.41. The number of benzene rings is 1. The van der Waals surface area contributed by atoms with E-state index in [4.69, 9.17) is 22.0 Å². The molecule has 1 aromatic carbocycles. The number of carboxylic acids is 1. The van der Waals surface area contributed by atoms with E-state index in [1.807, 2.05) is 6.07 Å². The molecule has 0 atom stereocenters. The number of hydrogen-bond acceptors (Lipinski definition) is 5. The fourth-order valence-electron chi connectivity index (χ4n) is 1.50. The summed E-state index contributed by atoms with van der Waals surface area (Å²) in [4.78, 5) is 11.4. The lowest BCUT2D eigenvalue weighted by Gasteiger charge is -2.09. The van der Waals surface area contributed by atoms with Gasteiger partial charge < -0.3 is 5.11 Å². The molecule has 0 fully saturated rings. The topological polar surface area (TPSA) is 107 Å². The van der Waals surface area contributed by atoms with Gasteiger partial charge in [0.05, 0.1) is 11.3 Å². The quantitative estimate of drug-likeness (QED) is 0.888. The van der Waals surface area contributed by atoms with Crippen LogP contribution in [0.25, 0.3) is 0 Å². The average molecular weight is 343 g/mol. The van der Waals surface area contributed by atoms with Gasteiger partial charge in [-0.25, -0.2) is 13.2 Å². The highest BCUT2D eigenvalue weighted by atomic mass is 35.5. The second-order valence-corrected chi connectivity index (χ2v) is 7.26. The molecule has 1 heterocycles. The molecule has 0 aliphatic carbocycles. The highest BCUT2D eigenvalue weighted by molar-refractivity contribution is 7.94. The van der Waals surface area contributed by atoms with Gasteiger partial charge >= 0.3 is 5.97 Å². The largest absolute Gasteiger partial charge is 0.478 e. The number of thiophene rings is 1. The Kier molecular flexibility index (Phi) is 4.18. The van der Waals surface area contributed by atoms with Gasteiger partial charge in [0.1, 0.15) is 15.2 Å². The van der Waals surface area contributed by atoms with Crippen molar-refractivity contribution in [3.8, 4) is 6.07 Å². The van der Waals surface area contributed by atoms with Crippen molar-refractivity contribution in [2.24, 2.45) is 0 Å². The molecule has 0 saturated heterocycles. The third kappa shape index (κ3) is 3.33. The minimum absolute atomic E-state index is 0.0784. The number of nitrogens with zero attached hydrogens (tertiary/aromatic N) is 1. The molecule has 0 saturated carbocycles. The van der Waals surface area contributed by atoms with E-state index in [9.17, 15) is 13.2 Å². The van der Waals surface area contributed by atoms with Gasteiger partial charge in [0.25, 0.3) is 10.0 Å². The standard InChI is InChI=1S/C12H7ClN2O4S2/c13-7-1-3-10(9(5-7)12(16)17)15-21(18,19)11-4-2-8(6-14)20-11/h1-5,15H,(H,16,17). The highest BCUT2D eigenvalue weighted by Crippen LogP contribution is 2.26. The zero-order valence-corrected chi connectivity index (χ0v) is 12.6. The number of anilines is 1. The Morgan fingerprint density at radius 1 is 1.33 bits per heavy atom. The second-order valence-electron chi connectivity index (χ2n) is 3.83. The van der Waals surface area contributed by atoms with Crippen molar-refractivity contribution in [1.82, 2.24) is 0 Å². The van der Waals surface area contributed by atoms with E-state index in [1.54, 1.807) is 0 Å². The van der Waals surface area contributed by atoms with Crippen LogP contribution in [-0.4, -0.2) is 19.5 Å². The Bertz CT molecular complexity index is 852. The molecule has 6 nitrogen and oxygen atoms in total. The summed E-state index contributed by atoms with van der Waals surface area (Å²) < 4.78 is 26.4. The summed E-state index contributed by atoms with van der Waals surface area (Å²) in [7, 11) is -3.96. The molecular weight excluding hydrogens is 336 g/mol. The van der Waals surface area contributed by atoms with Crippen LogP contribution in [-0.2, 0) is 10.0 Å². The zero-order valence-electron chi connectivity index (χ0n) is 10.2. The van der Waals surface area contributed by atoms with E-state index >= 15 is 0 Å². The maximum atomic E-state index is 12.2. The zero-order chi connectivity index (χ0) is 15.6. The number of hydrogen-bond donors (Lipinski definition) is 2. The Hall–Kier alpha value is -2.08. The van der Waals surface area contributed by atoms with Crippen LogP contribution in [0, 0.1) is 11.3 Å². The van der Waals surface area contributed by atoms with Gasteiger partial charge in [-0.2, -0.15) is 5.26 Å². The van der Waals surface area contributed by atoms with Crippen LogP contribution in [0.15, 0.2) is 34.5 Å². The molecule has 2 aromatic rings. The summed E-state index contributed by atoms with van der Waals surface area (Å²) >= 11 is 6.49. The predicted octanol–water partition coefficient (Wildman–Crippen LogP) is 2.77. The van der Waals surface area contributed by atoms with E-state index in [1.165, 1.54) is 24.3 Å². The first kappa shape index (κ1) is 15.3. The highest BCUT2D eigenvalue weighted by Gasteiger charge is 2.20. The third-order valence-corrected chi connectivity index (χ3v) is 5.50. The Labute approximate surface area is 129 Å². The van der Waals surface area contributed by atoms with E-state index in [0.29, 0.717) is 0 Å². The summed E-state index contributed by atoms with van der Waals surface area (Å²) in [6, 6.07) is 8.28. The molecule has 0 aliphatic rings. The number of nitriles is 1. The van der Waals surface area contributed by atoms with Crippen molar-refractivity contribution >= 4 is 44.6 Å². The van der Waals surface area contributed by atoms with Crippen molar-refractivity contribution in [2.45, 2.75) is 4.21 Å². The first-order valence-electron chi connectivity index (χ1n) is 5.39. The van der Waals surface area contributed by atoms with Gasteiger partial charge in [0.15, 0.2) is 0 Å². The smallest absolute Gasteiger partial charge is 0.337 e. The van der Waals surface area contributed by atoms with Crippen LogP contribution in [0.3, 0.4) is 0 Å². The van der Waals surface area contributed by atoms with Gasteiger partial charge in [-0.15, -0.1) is 11.3 Å². The number of nitrogens with one attached hydrogen (secondary N) is 1. The summed E-state index contributed by atoms with van der Waals surface area (Å²) in [5.74, 6) is -1.31. The SMILES string of the molecule is N#Cc1ccc(S(=O)(=O)Nc2ccc(Cl)cc2C(=O)O)s1. The first-order valence-corrected chi connectivity index (χ1v) is 8.07. The molecular formula is C12H7ClN2O4S2. The van der Waals surface area contributed by atoms with Crippen molar-refractivity contribution in [2.75, 3.05) is 4.72 Å². The van der Waals surface area contributed by atoms with Crippen LogP contribution in [0.4, 0.5) is 5.69 Å². The maximum absolute atomic E-state index is 12.2. The molecule has 0 spiro atoms.